The number of nitrogens with two attached hydrogens (primary N) is 1. The molecule has 0 aliphatic carbocycles. The number of rotatable bonds is 6. The molecule has 0 saturated carbocycles. The van der Waals surface area contributed by atoms with E-state index in [1.54, 1.807) is 31.2 Å². The van der Waals surface area contributed by atoms with Gasteiger partial charge in [0.2, 0.25) is 10.0 Å². The Kier molecular flexibility index (Phi) is 8.83. The number of halogens is 1. The van der Waals surface area contributed by atoms with Crippen molar-refractivity contribution in [2.75, 3.05) is 6.54 Å². The van der Waals surface area contributed by atoms with Crippen LogP contribution in [0, 0.1) is 0 Å². The molecule has 1 rings (SSSR count). The van der Waals surface area contributed by atoms with Crippen LogP contribution < -0.4 is 15.8 Å². The van der Waals surface area contributed by atoms with Crippen molar-refractivity contribution < 1.29 is 8.42 Å². The molecule has 0 aliphatic rings. The highest BCUT2D eigenvalue weighted by Gasteiger charge is 2.11. The Bertz CT molecular complexity index is 556. The topological polar surface area (TPSA) is 96.6 Å². The maximum Gasteiger partial charge on any atom is 0.240 e. The average molecular weight is 426 g/mol. The molecular formula is C13H23IN4O2S. The van der Waals surface area contributed by atoms with E-state index in [9.17, 15) is 8.42 Å². The Morgan fingerprint density at radius 1 is 1.29 bits per heavy atom. The Morgan fingerprint density at radius 2 is 1.86 bits per heavy atom. The minimum Gasteiger partial charge on any atom is -0.370 e. The summed E-state index contributed by atoms with van der Waals surface area (Å²) in [6, 6.07) is 6.82. The van der Waals surface area contributed by atoms with E-state index in [0.29, 0.717) is 19.0 Å². The van der Waals surface area contributed by atoms with Gasteiger partial charge in [0.05, 0.1) is 11.4 Å². The molecule has 0 spiro atoms. The smallest absolute Gasteiger partial charge is 0.240 e. The number of hydrogen-bond acceptors (Lipinski definition) is 3. The summed E-state index contributed by atoms with van der Waals surface area (Å²) in [4.78, 5) is 4.43. The van der Waals surface area contributed by atoms with Crippen molar-refractivity contribution in [3.63, 3.8) is 0 Å². The zero-order valence-electron chi connectivity index (χ0n) is 12.5. The zero-order valence-corrected chi connectivity index (χ0v) is 15.6. The van der Waals surface area contributed by atoms with Gasteiger partial charge in [-0.2, -0.15) is 0 Å². The lowest BCUT2D eigenvalue weighted by Gasteiger charge is -2.08. The summed E-state index contributed by atoms with van der Waals surface area (Å²) in [5.74, 6) is 0.379. The predicted molar refractivity (Wildman–Crippen MR) is 96.3 cm³/mol. The molecule has 0 atom stereocenters. The van der Waals surface area contributed by atoms with Crippen LogP contribution in [0.4, 0.5) is 0 Å². The van der Waals surface area contributed by atoms with Crippen molar-refractivity contribution in [3.8, 4) is 0 Å². The fourth-order valence-corrected chi connectivity index (χ4v) is 2.61. The molecule has 0 fully saturated rings. The van der Waals surface area contributed by atoms with Gasteiger partial charge in [-0.1, -0.05) is 19.1 Å². The molecule has 0 saturated heterocycles. The maximum absolute atomic E-state index is 11.8. The first-order valence-corrected chi connectivity index (χ1v) is 7.98. The van der Waals surface area contributed by atoms with E-state index < -0.39 is 10.0 Å². The van der Waals surface area contributed by atoms with E-state index in [1.807, 2.05) is 13.8 Å². The number of aliphatic imine (C=N–C) groups is 1. The Labute approximate surface area is 143 Å². The standard InChI is InChI=1S/C13H22N4O2S.HI/c1-4-16-20(18,19)12-7-5-11(6-8-12)9-15-13(14)17-10(2)3;/h5-8,10,16H,4,9H2,1-3H3,(H3,14,15,17);1H. The lowest BCUT2D eigenvalue weighted by Crippen LogP contribution is -2.36. The van der Waals surface area contributed by atoms with E-state index in [4.69, 9.17) is 5.73 Å². The van der Waals surface area contributed by atoms with Gasteiger partial charge in [0.1, 0.15) is 0 Å². The number of guanidine groups is 1. The average Bonchev–Trinajstić information content (AvgIpc) is 2.36. The summed E-state index contributed by atoms with van der Waals surface area (Å²) >= 11 is 0. The van der Waals surface area contributed by atoms with Gasteiger partial charge in [-0.3, -0.25) is 0 Å². The molecule has 0 aliphatic heterocycles. The monoisotopic (exact) mass is 426 g/mol. The Hall–Kier alpha value is -0.870. The van der Waals surface area contributed by atoms with Gasteiger partial charge in [-0.05, 0) is 31.5 Å². The van der Waals surface area contributed by atoms with Crippen molar-refractivity contribution >= 4 is 40.0 Å². The first-order valence-electron chi connectivity index (χ1n) is 6.50. The number of sulfonamides is 1. The van der Waals surface area contributed by atoms with E-state index in [-0.39, 0.29) is 34.9 Å². The molecule has 0 amide bonds. The summed E-state index contributed by atoms with van der Waals surface area (Å²) in [5.41, 5.74) is 6.59. The van der Waals surface area contributed by atoms with Crippen LogP contribution in [0.15, 0.2) is 34.2 Å². The summed E-state index contributed by atoms with van der Waals surface area (Å²) in [5, 5.41) is 2.99. The fraction of sp³-hybridized carbons (Fsp3) is 0.462. The number of nitrogens with zero attached hydrogens (tertiary/aromatic N) is 1. The van der Waals surface area contributed by atoms with Crippen LogP contribution in [0.1, 0.15) is 26.3 Å². The van der Waals surface area contributed by atoms with Crippen LogP contribution in [0.25, 0.3) is 0 Å². The molecule has 0 unspecified atom stereocenters. The van der Waals surface area contributed by atoms with E-state index >= 15 is 0 Å². The van der Waals surface area contributed by atoms with Crippen molar-refractivity contribution in [2.24, 2.45) is 10.7 Å². The molecule has 1 aromatic carbocycles. The molecule has 4 N–H and O–H groups in total. The van der Waals surface area contributed by atoms with Crippen molar-refractivity contribution in [3.05, 3.63) is 29.8 Å². The van der Waals surface area contributed by atoms with Gasteiger partial charge in [0, 0.05) is 12.6 Å². The molecule has 1 aromatic rings. The molecule has 0 aromatic heterocycles. The largest absolute Gasteiger partial charge is 0.370 e. The lowest BCUT2D eigenvalue weighted by atomic mass is 10.2. The molecule has 0 radical (unpaired) electrons. The molecular weight excluding hydrogens is 403 g/mol. The van der Waals surface area contributed by atoms with Crippen molar-refractivity contribution in [1.29, 1.82) is 0 Å². The molecule has 6 nitrogen and oxygen atoms in total. The molecule has 8 heteroatoms. The number of benzene rings is 1. The summed E-state index contributed by atoms with van der Waals surface area (Å²) in [7, 11) is -3.40. The maximum atomic E-state index is 11.8. The minimum absolute atomic E-state index is 0. The Morgan fingerprint density at radius 3 is 2.33 bits per heavy atom. The van der Waals surface area contributed by atoms with Crippen molar-refractivity contribution in [2.45, 2.75) is 38.3 Å². The van der Waals surface area contributed by atoms with Crippen LogP contribution in [0.2, 0.25) is 0 Å². The number of nitrogens with one attached hydrogen (secondary N) is 2. The summed E-state index contributed by atoms with van der Waals surface area (Å²) < 4.78 is 26.0. The molecule has 21 heavy (non-hydrogen) atoms. The predicted octanol–water partition coefficient (Wildman–Crippen LogP) is 1.42. The minimum atomic E-state index is -3.40. The van der Waals surface area contributed by atoms with Crippen molar-refractivity contribution in [1.82, 2.24) is 10.0 Å². The third-order valence-corrected chi connectivity index (χ3v) is 4.00. The zero-order chi connectivity index (χ0) is 15.2. The van der Waals surface area contributed by atoms with Crippen LogP contribution in [-0.2, 0) is 16.6 Å². The normalized spacial score (nSPS) is 12.1. The highest BCUT2D eigenvalue weighted by Crippen LogP contribution is 2.11. The van der Waals surface area contributed by atoms with E-state index in [2.05, 4.69) is 15.0 Å². The first kappa shape index (κ1) is 20.1. The van der Waals surface area contributed by atoms with Crippen LogP contribution in [0.5, 0.6) is 0 Å². The van der Waals surface area contributed by atoms with Gasteiger partial charge in [0.25, 0.3) is 0 Å². The highest BCUT2D eigenvalue weighted by molar-refractivity contribution is 14.0. The van der Waals surface area contributed by atoms with Crippen LogP contribution in [-0.4, -0.2) is 27.0 Å². The molecule has 0 heterocycles. The summed E-state index contributed by atoms with van der Waals surface area (Å²) in [6.45, 7) is 6.47. The van der Waals surface area contributed by atoms with Crippen LogP contribution in [0.3, 0.4) is 0 Å². The second kappa shape index (κ2) is 9.21. The molecule has 0 bridgehead atoms. The lowest BCUT2D eigenvalue weighted by molar-refractivity contribution is 0.584. The van der Waals surface area contributed by atoms with Gasteiger partial charge in [-0.25, -0.2) is 18.1 Å². The van der Waals surface area contributed by atoms with E-state index in [0.717, 1.165) is 5.56 Å². The van der Waals surface area contributed by atoms with Gasteiger partial charge in [-0.15, -0.1) is 24.0 Å². The van der Waals surface area contributed by atoms with Crippen LogP contribution >= 0.6 is 24.0 Å². The molecule has 120 valence electrons. The quantitative estimate of drug-likeness (QED) is 0.364. The fourth-order valence-electron chi connectivity index (χ4n) is 1.57. The summed E-state index contributed by atoms with van der Waals surface area (Å²) in [6.07, 6.45) is 0. The van der Waals surface area contributed by atoms with Gasteiger partial charge >= 0.3 is 0 Å². The highest BCUT2D eigenvalue weighted by atomic mass is 127. The van der Waals surface area contributed by atoms with Gasteiger partial charge < -0.3 is 11.1 Å². The third-order valence-electron chi connectivity index (χ3n) is 2.44. The first-order chi connectivity index (χ1) is 9.35. The Balaban J connectivity index is 0.00000400. The van der Waals surface area contributed by atoms with Gasteiger partial charge in [0.15, 0.2) is 5.96 Å². The second-order valence-electron chi connectivity index (χ2n) is 4.65. The second-order valence-corrected chi connectivity index (χ2v) is 6.41. The third kappa shape index (κ3) is 7.09. The SMILES string of the molecule is CCNS(=O)(=O)c1ccc(CN=C(N)NC(C)C)cc1.I. The van der Waals surface area contributed by atoms with E-state index in [1.165, 1.54) is 0 Å². The number of hydrogen-bond donors (Lipinski definition) is 3.